The second-order valence-corrected chi connectivity index (χ2v) is 4.81. The summed E-state index contributed by atoms with van der Waals surface area (Å²) in [6.45, 7) is 3.29. The molecule has 2 N–H and O–H groups in total. The van der Waals surface area contributed by atoms with Crippen LogP contribution in [0.1, 0.15) is 17.5 Å². The fraction of sp³-hybridized carbons (Fsp3) is 0.235. The first-order valence-electron chi connectivity index (χ1n) is 6.85. The van der Waals surface area contributed by atoms with Crippen molar-refractivity contribution in [1.29, 1.82) is 0 Å². The Balaban J connectivity index is 1.66. The molecule has 3 heteroatoms. The van der Waals surface area contributed by atoms with Gasteiger partial charge in [-0.05, 0) is 24.6 Å². The third-order valence-electron chi connectivity index (χ3n) is 3.07. The van der Waals surface area contributed by atoms with Gasteiger partial charge in [-0.15, -0.1) is 0 Å². The molecule has 0 unspecified atom stereocenters. The van der Waals surface area contributed by atoms with E-state index in [1.807, 2.05) is 42.5 Å². The lowest BCUT2D eigenvalue weighted by molar-refractivity contribution is -0.121. The maximum atomic E-state index is 11.7. The third-order valence-corrected chi connectivity index (χ3v) is 3.07. The second kappa shape index (κ2) is 7.34. The summed E-state index contributed by atoms with van der Waals surface area (Å²) in [7, 11) is 0. The minimum absolute atomic E-state index is 0.0634. The molecule has 1 amide bonds. The van der Waals surface area contributed by atoms with Gasteiger partial charge >= 0.3 is 0 Å². The van der Waals surface area contributed by atoms with Crippen LogP contribution in [-0.4, -0.2) is 12.5 Å². The van der Waals surface area contributed by atoms with Crippen molar-refractivity contribution < 1.29 is 4.79 Å². The minimum atomic E-state index is 0.0634. The van der Waals surface area contributed by atoms with Gasteiger partial charge in [-0.1, -0.05) is 48.0 Å². The summed E-state index contributed by atoms with van der Waals surface area (Å²) in [5, 5.41) is 6.16. The van der Waals surface area contributed by atoms with Crippen LogP contribution >= 0.6 is 0 Å². The first-order chi connectivity index (χ1) is 9.74. The third kappa shape index (κ3) is 4.76. The van der Waals surface area contributed by atoms with Gasteiger partial charge in [0.15, 0.2) is 0 Å². The number of carbonyl (C=O) groups is 1. The van der Waals surface area contributed by atoms with E-state index in [1.165, 1.54) is 5.56 Å². The molecule has 0 aliphatic rings. The van der Waals surface area contributed by atoms with E-state index >= 15 is 0 Å². The number of carbonyl (C=O) groups excluding carboxylic acids is 1. The molecule has 0 fully saturated rings. The monoisotopic (exact) mass is 268 g/mol. The molecule has 0 heterocycles. The summed E-state index contributed by atoms with van der Waals surface area (Å²) in [4.78, 5) is 11.7. The van der Waals surface area contributed by atoms with Gasteiger partial charge in [0.05, 0.1) is 0 Å². The molecule has 0 saturated carbocycles. The van der Waals surface area contributed by atoms with Gasteiger partial charge in [-0.25, -0.2) is 0 Å². The Hall–Kier alpha value is -2.29. The molecule has 3 nitrogen and oxygen atoms in total. The zero-order chi connectivity index (χ0) is 14.2. The molecule has 0 bridgehead atoms. The highest BCUT2D eigenvalue weighted by Gasteiger charge is 2.01. The van der Waals surface area contributed by atoms with Crippen molar-refractivity contribution in [2.24, 2.45) is 0 Å². The molecule has 0 spiro atoms. The summed E-state index contributed by atoms with van der Waals surface area (Å²) in [6.07, 6.45) is 0.473. The molecule has 0 aliphatic carbocycles. The number of rotatable bonds is 6. The number of benzene rings is 2. The minimum Gasteiger partial charge on any atom is -0.385 e. The standard InChI is InChI=1S/C17H20N2O/c1-14-7-9-16(10-8-14)18-12-11-17(20)19-13-15-5-3-2-4-6-15/h2-10,18H,11-13H2,1H3,(H,19,20). The maximum Gasteiger partial charge on any atom is 0.222 e. The zero-order valence-corrected chi connectivity index (χ0v) is 11.7. The van der Waals surface area contributed by atoms with Crippen LogP contribution in [0, 0.1) is 6.92 Å². The summed E-state index contributed by atoms with van der Waals surface area (Å²) in [5.41, 5.74) is 3.40. The van der Waals surface area contributed by atoms with Gasteiger partial charge < -0.3 is 10.6 Å². The lowest BCUT2D eigenvalue weighted by atomic mass is 10.2. The molecule has 0 radical (unpaired) electrons. The number of anilines is 1. The summed E-state index contributed by atoms with van der Waals surface area (Å²) < 4.78 is 0. The summed E-state index contributed by atoms with van der Waals surface area (Å²) >= 11 is 0. The number of aryl methyl sites for hydroxylation is 1. The fourth-order valence-corrected chi connectivity index (χ4v) is 1.88. The van der Waals surface area contributed by atoms with Gasteiger partial charge in [0.1, 0.15) is 0 Å². The Morgan fingerprint density at radius 3 is 2.40 bits per heavy atom. The fourth-order valence-electron chi connectivity index (χ4n) is 1.88. The predicted molar refractivity (Wildman–Crippen MR) is 82.6 cm³/mol. The van der Waals surface area contributed by atoms with Crippen LogP contribution in [0.5, 0.6) is 0 Å². The van der Waals surface area contributed by atoms with Crippen molar-refractivity contribution in [3.8, 4) is 0 Å². The van der Waals surface area contributed by atoms with E-state index in [-0.39, 0.29) is 5.91 Å². The largest absolute Gasteiger partial charge is 0.385 e. The lowest BCUT2D eigenvalue weighted by Crippen LogP contribution is -2.24. The molecular formula is C17H20N2O. The van der Waals surface area contributed by atoms with Crippen LogP contribution in [-0.2, 0) is 11.3 Å². The van der Waals surface area contributed by atoms with Crippen LogP contribution in [0.2, 0.25) is 0 Å². The number of hydrogen-bond acceptors (Lipinski definition) is 2. The van der Waals surface area contributed by atoms with Crippen LogP contribution in [0.3, 0.4) is 0 Å². The molecule has 2 aromatic carbocycles. The SMILES string of the molecule is Cc1ccc(NCCC(=O)NCc2ccccc2)cc1. The highest BCUT2D eigenvalue weighted by atomic mass is 16.1. The van der Waals surface area contributed by atoms with Crippen molar-refractivity contribution in [1.82, 2.24) is 5.32 Å². The Morgan fingerprint density at radius 1 is 1.00 bits per heavy atom. The van der Waals surface area contributed by atoms with Gasteiger partial charge in [-0.2, -0.15) is 0 Å². The second-order valence-electron chi connectivity index (χ2n) is 4.81. The quantitative estimate of drug-likeness (QED) is 0.845. The van der Waals surface area contributed by atoms with E-state index < -0.39 is 0 Å². The Morgan fingerprint density at radius 2 is 1.70 bits per heavy atom. The summed E-state index contributed by atoms with van der Waals surface area (Å²) in [6, 6.07) is 18.1. The van der Waals surface area contributed by atoms with E-state index in [0.717, 1.165) is 11.3 Å². The molecule has 0 saturated heterocycles. The van der Waals surface area contributed by atoms with Crippen LogP contribution in [0.4, 0.5) is 5.69 Å². The van der Waals surface area contributed by atoms with Crippen molar-refractivity contribution in [3.63, 3.8) is 0 Å². The Labute approximate surface area is 120 Å². The Kier molecular flexibility index (Phi) is 5.18. The van der Waals surface area contributed by atoms with Crippen molar-refractivity contribution in [2.45, 2.75) is 19.9 Å². The molecule has 2 rings (SSSR count). The number of hydrogen-bond donors (Lipinski definition) is 2. The number of amides is 1. The maximum absolute atomic E-state index is 11.7. The lowest BCUT2D eigenvalue weighted by Gasteiger charge is -2.08. The zero-order valence-electron chi connectivity index (χ0n) is 11.7. The van der Waals surface area contributed by atoms with Crippen LogP contribution < -0.4 is 10.6 Å². The van der Waals surface area contributed by atoms with Gasteiger partial charge in [0, 0.05) is 25.2 Å². The first kappa shape index (κ1) is 14.1. The van der Waals surface area contributed by atoms with E-state index in [1.54, 1.807) is 0 Å². The molecule has 0 aromatic heterocycles. The van der Waals surface area contributed by atoms with E-state index in [9.17, 15) is 4.79 Å². The van der Waals surface area contributed by atoms with E-state index in [0.29, 0.717) is 19.5 Å². The van der Waals surface area contributed by atoms with Crippen molar-refractivity contribution in [2.75, 3.05) is 11.9 Å². The molecule has 0 aliphatic heterocycles. The molecular weight excluding hydrogens is 248 g/mol. The highest BCUT2D eigenvalue weighted by Crippen LogP contribution is 2.08. The van der Waals surface area contributed by atoms with Gasteiger partial charge in [0.2, 0.25) is 5.91 Å². The van der Waals surface area contributed by atoms with E-state index in [2.05, 4.69) is 29.7 Å². The Bertz CT molecular complexity index is 535. The van der Waals surface area contributed by atoms with Gasteiger partial charge in [-0.3, -0.25) is 4.79 Å². The van der Waals surface area contributed by atoms with Crippen LogP contribution in [0.15, 0.2) is 54.6 Å². The van der Waals surface area contributed by atoms with Gasteiger partial charge in [0.25, 0.3) is 0 Å². The topological polar surface area (TPSA) is 41.1 Å². The normalized spacial score (nSPS) is 10.1. The van der Waals surface area contributed by atoms with E-state index in [4.69, 9.17) is 0 Å². The predicted octanol–water partition coefficient (Wildman–Crippen LogP) is 3.11. The molecule has 20 heavy (non-hydrogen) atoms. The van der Waals surface area contributed by atoms with Crippen molar-refractivity contribution >= 4 is 11.6 Å². The number of nitrogens with one attached hydrogen (secondary N) is 2. The average molecular weight is 268 g/mol. The smallest absolute Gasteiger partial charge is 0.222 e. The highest BCUT2D eigenvalue weighted by molar-refractivity contribution is 5.76. The average Bonchev–Trinajstić information content (AvgIpc) is 2.48. The molecule has 104 valence electrons. The molecule has 0 atom stereocenters. The van der Waals surface area contributed by atoms with Crippen LogP contribution in [0.25, 0.3) is 0 Å². The first-order valence-corrected chi connectivity index (χ1v) is 6.85. The van der Waals surface area contributed by atoms with Crippen molar-refractivity contribution in [3.05, 3.63) is 65.7 Å². The summed E-state index contributed by atoms with van der Waals surface area (Å²) in [5.74, 6) is 0.0634. The molecule has 2 aromatic rings.